The van der Waals surface area contributed by atoms with E-state index >= 15 is 0 Å². The Bertz CT molecular complexity index is 859. The van der Waals surface area contributed by atoms with Gasteiger partial charge in [-0.1, -0.05) is 30.3 Å². The minimum atomic E-state index is -1.12. The predicted octanol–water partition coefficient (Wildman–Crippen LogP) is 0.580. The summed E-state index contributed by atoms with van der Waals surface area (Å²) in [6.45, 7) is 0.660. The molecule has 2 saturated heterocycles. The summed E-state index contributed by atoms with van der Waals surface area (Å²) in [5.41, 5.74) is 5.74. The first-order valence-corrected chi connectivity index (χ1v) is 10.3. The lowest BCUT2D eigenvalue weighted by molar-refractivity contribution is -0.140. The average Bonchev–Trinajstić information content (AvgIpc) is 2.97. The lowest BCUT2D eigenvalue weighted by Gasteiger charge is -2.34. The largest absolute Gasteiger partial charge is 0.465 e. The van der Waals surface area contributed by atoms with E-state index in [1.165, 1.54) is 9.96 Å². The van der Waals surface area contributed by atoms with Crippen molar-refractivity contribution in [3.05, 3.63) is 35.9 Å². The van der Waals surface area contributed by atoms with Crippen molar-refractivity contribution < 1.29 is 29.1 Å². The van der Waals surface area contributed by atoms with Gasteiger partial charge in [0, 0.05) is 18.5 Å². The van der Waals surface area contributed by atoms with Gasteiger partial charge in [-0.2, -0.15) is 5.06 Å². The van der Waals surface area contributed by atoms with Gasteiger partial charge in [0.2, 0.25) is 5.91 Å². The summed E-state index contributed by atoms with van der Waals surface area (Å²) in [5.74, 6) is -1.18. The number of hydrazine groups is 1. The molecule has 5 amide bonds. The molecule has 166 valence electrons. The molecule has 11 heteroatoms. The first kappa shape index (κ1) is 20.9. The first-order chi connectivity index (χ1) is 14.9. The number of urea groups is 1. The summed E-state index contributed by atoms with van der Waals surface area (Å²) in [6.07, 6.45) is 0.741. The third-order valence-electron chi connectivity index (χ3n) is 5.98. The number of nitrogens with zero attached hydrogens (tertiary/aromatic N) is 2. The van der Waals surface area contributed by atoms with E-state index in [0.717, 1.165) is 5.56 Å². The lowest BCUT2D eigenvalue weighted by Crippen LogP contribution is -2.57. The number of hydroxylamine groups is 2. The van der Waals surface area contributed by atoms with Crippen LogP contribution in [0.4, 0.5) is 9.59 Å². The molecule has 0 radical (unpaired) electrons. The van der Waals surface area contributed by atoms with Crippen LogP contribution in [0.25, 0.3) is 0 Å². The number of nitrogens with one attached hydrogen (secondary N) is 3. The Labute approximate surface area is 178 Å². The van der Waals surface area contributed by atoms with Crippen LogP contribution in [0, 0.1) is 5.92 Å². The summed E-state index contributed by atoms with van der Waals surface area (Å²) < 4.78 is 0. The number of rotatable bonds is 6. The number of hydrogen-bond acceptors (Lipinski definition) is 5. The van der Waals surface area contributed by atoms with Gasteiger partial charge in [0.05, 0.1) is 6.04 Å². The zero-order chi connectivity index (χ0) is 22.0. The topological polar surface area (TPSA) is 140 Å². The molecule has 0 aromatic heterocycles. The summed E-state index contributed by atoms with van der Waals surface area (Å²) in [7, 11) is 0. The number of hydrogen-bond donors (Lipinski definition) is 4. The van der Waals surface area contributed by atoms with Gasteiger partial charge >= 0.3 is 12.1 Å². The quantitative estimate of drug-likeness (QED) is 0.486. The van der Waals surface area contributed by atoms with Crippen molar-refractivity contribution in [3.63, 3.8) is 0 Å². The van der Waals surface area contributed by atoms with E-state index in [1.807, 2.05) is 30.3 Å². The summed E-state index contributed by atoms with van der Waals surface area (Å²) in [5, 5.41) is 12.3. The Morgan fingerprint density at radius 3 is 2.48 bits per heavy atom. The fourth-order valence-electron chi connectivity index (χ4n) is 4.22. The number of carbonyl (C=O) groups excluding carboxylic acids is 3. The third-order valence-corrected chi connectivity index (χ3v) is 5.98. The molecule has 1 aromatic rings. The molecule has 11 nitrogen and oxygen atoms in total. The Balaban J connectivity index is 1.24. The molecule has 1 aromatic carbocycles. The minimum Gasteiger partial charge on any atom is -0.465 e. The van der Waals surface area contributed by atoms with E-state index in [0.29, 0.717) is 32.2 Å². The highest BCUT2D eigenvalue weighted by Crippen LogP contribution is 2.31. The predicted molar refractivity (Wildman–Crippen MR) is 106 cm³/mol. The van der Waals surface area contributed by atoms with Gasteiger partial charge in [-0.25, -0.2) is 9.59 Å². The molecular weight excluding hydrogens is 406 g/mol. The van der Waals surface area contributed by atoms with Crippen LogP contribution in [-0.4, -0.2) is 63.7 Å². The number of benzene rings is 1. The number of carboxylic acid groups (broad SMARTS) is 1. The molecule has 3 aliphatic rings. The van der Waals surface area contributed by atoms with Gasteiger partial charge in [0.15, 0.2) is 0 Å². The van der Waals surface area contributed by atoms with Gasteiger partial charge < -0.3 is 15.3 Å². The molecular formula is C20H25N5O6. The number of piperidine rings is 1. The molecule has 0 unspecified atom stereocenters. The number of amides is 5. The maximum absolute atomic E-state index is 12.8. The zero-order valence-corrected chi connectivity index (χ0v) is 16.8. The molecule has 4 N–H and O–H groups in total. The average molecular weight is 431 g/mol. The van der Waals surface area contributed by atoms with E-state index < -0.39 is 18.0 Å². The molecule has 31 heavy (non-hydrogen) atoms. The van der Waals surface area contributed by atoms with Crippen LogP contribution in [0.2, 0.25) is 0 Å². The van der Waals surface area contributed by atoms with Crippen LogP contribution in [0.1, 0.15) is 31.2 Å². The van der Waals surface area contributed by atoms with Crippen LogP contribution in [0.5, 0.6) is 0 Å². The van der Waals surface area contributed by atoms with Crippen molar-refractivity contribution >= 4 is 23.9 Å². The maximum Gasteiger partial charge on any atom is 0.404 e. The fraction of sp³-hybridized carbons (Fsp3) is 0.500. The number of carbonyl (C=O) groups is 4. The van der Waals surface area contributed by atoms with Crippen LogP contribution >= 0.6 is 0 Å². The highest BCUT2D eigenvalue weighted by Gasteiger charge is 2.48. The molecule has 0 spiro atoms. The van der Waals surface area contributed by atoms with Gasteiger partial charge in [0.1, 0.15) is 12.6 Å². The summed E-state index contributed by atoms with van der Waals surface area (Å²) in [6, 6.07) is 8.13. The van der Waals surface area contributed by atoms with E-state index in [9.17, 15) is 19.2 Å². The molecule has 1 saturated carbocycles. The second-order valence-corrected chi connectivity index (χ2v) is 8.06. The smallest absolute Gasteiger partial charge is 0.404 e. The Morgan fingerprint density at radius 2 is 1.77 bits per heavy atom. The molecule has 3 fully saturated rings. The van der Waals surface area contributed by atoms with Crippen molar-refractivity contribution in [1.82, 2.24) is 26.1 Å². The van der Waals surface area contributed by atoms with E-state index in [1.54, 1.807) is 0 Å². The van der Waals surface area contributed by atoms with E-state index in [-0.39, 0.29) is 36.5 Å². The SMILES string of the molecule is O=C(O)NC1CC(C(=O)NNC(=O)[C@@H]2CC[C@@H]3CN2C(=O)N3OCc2ccccc2)C1. The van der Waals surface area contributed by atoms with E-state index in [2.05, 4.69) is 16.2 Å². The maximum atomic E-state index is 12.8. The monoisotopic (exact) mass is 431 g/mol. The highest BCUT2D eigenvalue weighted by molar-refractivity contribution is 5.90. The molecule has 2 bridgehead atoms. The molecule has 1 aliphatic carbocycles. The normalized spacial score (nSPS) is 26.8. The Morgan fingerprint density at radius 1 is 1.06 bits per heavy atom. The van der Waals surface area contributed by atoms with Crippen LogP contribution in [-0.2, 0) is 21.0 Å². The van der Waals surface area contributed by atoms with Crippen molar-refractivity contribution in [3.8, 4) is 0 Å². The number of fused-ring (bicyclic) bond motifs is 2. The highest BCUT2D eigenvalue weighted by atomic mass is 16.7. The molecule has 4 rings (SSSR count). The van der Waals surface area contributed by atoms with Crippen molar-refractivity contribution in [2.45, 2.75) is 50.4 Å². The second kappa shape index (κ2) is 8.80. The van der Waals surface area contributed by atoms with Gasteiger partial charge in [-0.15, -0.1) is 0 Å². The summed E-state index contributed by atoms with van der Waals surface area (Å²) in [4.78, 5) is 55.3. The van der Waals surface area contributed by atoms with Crippen molar-refractivity contribution in [1.29, 1.82) is 0 Å². The fourth-order valence-corrected chi connectivity index (χ4v) is 4.22. The molecule has 2 aliphatic heterocycles. The van der Waals surface area contributed by atoms with Crippen LogP contribution in [0.3, 0.4) is 0 Å². The lowest BCUT2D eigenvalue weighted by atomic mass is 9.80. The summed E-state index contributed by atoms with van der Waals surface area (Å²) >= 11 is 0. The van der Waals surface area contributed by atoms with Gasteiger partial charge in [-0.3, -0.25) is 25.3 Å². The minimum absolute atomic E-state index is 0.108. The molecule has 2 heterocycles. The molecule has 2 atom stereocenters. The van der Waals surface area contributed by atoms with Crippen LogP contribution < -0.4 is 16.2 Å². The van der Waals surface area contributed by atoms with Crippen molar-refractivity contribution in [2.24, 2.45) is 5.92 Å². The van der Waals surface area contributed by atoms with Crippen molar-refractivity contribution in [2.75, 3.05) is 6.54 Å². The van der Waals surface area contributed by atoms with Gasteiger partial charge in [-0.05, 0) is 31.2 Å². The first-order valence-electron chi connectivity index (χ1n) is 10.3. The van der Waals surface area contributed by atoms with E-state index in [4.69, 9.17) is 9.94 Å². The Kier molecular flexibility index (Phi) is 5.94. The second-order valence-electron chi connectivity index (χ2n) is 8.06. The zero-order valence-electron chi connectivity index (χ0n) is 16.8. The Hall–Kier alpha value is -3.34. The third kappa shape index (κ3) is 4.55. The van der Waals surface area contributed by atoms with Gasteiger partial charge in [0.25, 0.3) is 5.91 Å². The standard InChI is InChI=1S/C20H25N5O6/c26-17(13-8-14(9-13)21-19(28)29)22-23-18(27)16-7-6-15-10-24(16)20(30)25(15)31-11-12-4-2-1-3-5-12/h1-5,13-16,21H,6-11H2,(H,22,26)(H,23,27)(H,28,29)/t13?,14?,15-,16+/m1/s1. The van der Waals surface area contributed by atoms with Crippen LogP contribution in [0.15, 0.2) is 30.3 Å².